The minimum Gasteiger partial charge on any atom is -0.406 e. The van der Waals surface area contributed by atoms with Gasteiger partial charge in [0, 0.05) is 6.20 Å². The predicted octanol–water partition coefficient (Wildman–Crippen LogP) is 3.38. The molecule has 3 nitrogen and oxygen atoms in total. The lowest BCUT2D eigenvalue weighted by Gasteiger charge is -2.09. The molecule has 0 fully saturated rings. The summed E-state index contributed by atoms with van der Waals surface area (Å²) in [4.78, 5) is 0. The van der Waals surface area contributed by atoms with Crippen LogP contribution in [0.1, 0.15) is 0 Å². The summed E-state index contributed by atoms with van der Waals surface area (Å²) in [5.41, 5.74) is 0.669. The summed E-state index contributed by atoms with van der Waals surface area (Å²) in [6, 6.07) is 7.30. The van der Waals surface area contributed by atoms with Gasteiger partial charge in [-0.2, -0.15) is 5.10 Å². The molecule has 2 aromatic rings. The summed E-state index contributed by atoms with van der Waals surface area (Å²) >= 11 is 2.05. The molecule has 0 aliphatic rings. The van der Waals surface area contributed by atoms with E-state index in [1.54, 1.807) is 16.9 Å². The molecule has 0 N–H and O–H groups in total. The average molecular weight is 354 g/mol. The van der Waals surface area contributed by atoms with E-state index >= 15 is 0 Å². The van der Waals surface area contributed by atoms with Crippen LogP contribution in [0.3, 0.4) is 0 Å². The Bertz CT molecular complexity index is 507. The van der Waals surface area contributed by atoms with Crippen molar-refractivity contribution in [2.45, 2.75) is 6.36 Å². The van der Waals surface area contributed by atoms with Gasteiger partial charge in [-0.25, -0.2) is 4.68 Å². The molecule has 0 spiro atoms. The summed E-state index contributed by atoms with van der Waals surface area (Å²) in [7, 11) is 0. The second-order valence-corrected chi connectivity index (χ2v) is 4.23. The first-order valence-corrected chi connectivity index (χ1v) is 5.59. The van der Waals surface area contributed by atoms with E-state index in [0.29, 0.717) is 5.69 Å². The highest BCUT2D eigenvalue weighted by Crippen LogP contribution is 2.23. The molecule has 17 heavy (non-hydrogen) atoms. The Morgan fingerprint density at radius 3 is 2.24 bits per heavy atom. The molecule has 1 aromatic heterocycles. The van der Waals surface area contributed by atoms with E-state index in [1.807, 2.05) is 22.6 Å². The first-order chi connectivity index (χ1) is 7.94. The van der Waals surface area contributed by atoms with Crippen LogP contribution in [0.25, 0.3) is 5.69 Å². The molecular weight excluding hydrogens is 348 g/mol. The van der Waals surface area contributed by atoms with Crippen LogP contribution in [0.4, 0.5) is 13.2 Å². The van der Waals surface area contributed by atoms with Gasteiger partial charge in [-0.05, 0) is 52.9 Å². The lowest BCUT2D eigenvalue weighted by Crippen LogP contribution is -2.17. The molecule has 0 saturated carbocycles. The zero-order chi connectivity index (χ0) is 12.5. The molecular formula is C10H6F3IN2O. The van der Waals surface area contributed by atoms with Gasteiger partial charge < -0.3 is 4.74 Å². The molecule has 1 aromatic carbocycles. The highest BCUT2D eigenvalue weighted by molar-refractivity contribution is 14.1. The molecule has 0 radical (unpaired) electrons. The lowest BCUT2D eigenvalue weighted by molar-refractivity contribution is -0.274. The highest BCUT2D eigenvalue weighted by atomic mass is 127. The molecule has 7 heteroatoms. The Morgan fingerprint density at radius 2 is 1.76 bits per heavy atom. The van der Waals surface area contributed by atoms with Crippen molar-refractivity contribution in [1.29, 1.82) is 0 Å². The Kier molecular flexibility index (Phi) is 3.27. The van der Waals surface area contributed by atoms with Gasteiger partial charge in [0.15, 0.2) is 0 Å². The normalized spacial score (nSPS) is 11.5. The number of ether oxygens (including phenoxy) is 1. The predicted molar refractivity (Wildman–Crippen MR) is 63.0 cm³/mol. The zero-order valence-electron chi connectivity index (χ0n) is 8.28. The van der Waals surface area contributed by atoms with Gasteiger partial charge in [0.25, 0.3) is 0 Å². The number of hydrogen-bond donors (Lipinski definition) is 0. The van der Waals surface area contributed by atoms with Crippen molar-refractivity contribution in [1.82, 2.24) is 9.78 Å². The van der Waals surface area contributed by atoms with Crippen LogP contribution in [0.15, 0.2) is 36.5 Å². The fourth-order valence-electron chi connectivity index (χ4n) is 1.25. The smallest absolute Gasteiger partial charge is 0.406 e. The number of aromatic nitrogens is 2. The fraction of sp³-hybridized carbons (Fsp3) is 0.100. The van der Waals surface area contributed by atoms with Gasteiger partial charge in [-0.3, -0.25) is 0 Å². The largest absolute Gasteiger partial charge is 0.573 e. The molecule has 0 amide bonds. The molecule has 0 aliphatic heterocycles. The Labute approximate surface area is 108 Å². The molecule has 0 bridgehead atoms. The van der Waals surface area contributed by atoms with E-state index < -0.39 is 6.36 Å². The Hall–Kier alpha value is -1.25. The number of benzene rings is 1. The van der Waals surface area contributed by atoms with Gasteiger partial charge in [0.05, 0.1) is 5.69 Å². The van der Waals surface area contributed by atoms with Crippen LogP contribution in [-0.4, -0.2) is 16.1 Å². The maximum absolute atomic E-state index is 11.9. The number of nitrogens with zero attached hydrogens (tertiary/aromatic N) is 2. The molecule has 2 rings (SSSR count). The highest BCUT2D eigenvalue weighted by Gasteiger charge is 2.30. The average Bonchev–Trinajstić information content (AvgIpc) is 2.63. The maximum Gasteiger partial charge on any atom is 0.573 e. The molecule has 90 valence electrons. The second kappa shape index (κ2) is 4.55. The molecule has 0 unspecified atom stereocenters. The first-order valence-electron chi connectivity index (χ1n) is 4.51. The fourth-order valence-corrected chi connectivity index (χ4v) is 1.64. The van der Waals surface area contributed by atoms with Crippen molar-refractivity contribution in [3.63, 3.8) is 0 Å². The maximum atomic E-state index is 11.9. The van der Waals surface area contributed by atoms with Gasteiger partial charge >= 0.3 is 6.36 Å². The molecule has 1 heterocycles. The lowest BCUT2D eigenvalue weighted by atomic mass is 10.3. The van der Waals surface area contributed by atoms with Gasteiger partial charge in [-0.1, -0.05) is 0 Å². The topological polar surface area (TPSA) is 27.1 Å². The standard InChI is InChI=1S/C10H6F3IN2O/c11-10(12,13)17-8-3-1-7(2-4-8)16-6-5-9(14)15-16/h1-6H. The van der Waals surface area contributed by atoms with Crippen molar-refractivity contribution in [3.8, 4) is 11.4 Å². The Balaban J connectivity index is 2.19. The van der Waals surface area contributed by atoms with Crippen molar-refractivity contribution in [2.75, 3.05) is 0 Å². The van der Waals surface area contributed by atoms with E-state index in [1.165, 1.54) is 24.3 Å². The third-order valence-electron chi connectivity index (χ3n) is 1.89. The number of rotatable bonds is 2. The van der Waals surface area contributed by atoms with Crippen LogP contribution >= 0.6 is 22.6 Å². The van der Waals surface area contributed by atoms with E-state index in [0.717, 1.165) is 3.70 Å². The number of hydrogen-bond acceptors (Lipinski definition) is 2. The van der Waals surface area contributed by atoms with E-state index in [9.17, 15) is 13.2 Å². The zero-order valence-corrected chi connectivity index (χ0v) is 10.4. The first kappa shape index (κ1) is 12.2. The molecule has 0 aliphatic carbocycles. The van der Waals surface area contributed by atoms with Crippen molar-refractivity contribution < 1.29 is 17.9 Å². The summed E-state index contributed by atoms with van der Waals surface area (Å²) in [5, 5.41) is 4.13. The van der Waals surface area contributed by atoms with E-state index in [4.69, 9.17) is 0 Å². The molecule has 0 saturated heterocycles. The van der Waals surface area contributed by atoms with E-state index in [2.05, 4.69) is 9.84 Å². The minimum atomic E-state index is -4.66. The summed E-state index contributed by atoms with van der Waals surface area (Å²) in [6.07, 6.45) is -2.94. The third-order valence-corrected chi connectivity index (χ3v) is 2.47. The minimum absolute atomic E-state index is 0.247. The summed E-state index contributed by atoms with van der Waals surface area (Å²) < 4.78 is 41.9. The van der Waals surface area contributed by atoms with Crippen LogP contribution < -0.4 is 4.74 Å². The van der Waals surface area contributed by atoms with Crippen LogP contribution in [0.2, 0.25) is 0 Å². The SMILES string of the molecule is FC(F)(F)Oc1ccc(-n2ccc(I)n2)cc1. The summed E-state index contributed by atoms with van der Waals surface area (Å²) in [6.45, 7) is 0. The van der Waals surface area contributed by atoms with Crippen molar-refractivity contribution in [3.05, 3.63) is 40.2 Å². The number of halogens is 4. The van der Waals surface area contributed by atoms with Gasteiger partial charge in [0.1, 0.15) is 9.45 Å². The summed E-state index contributed by atoms with van der Waals surface area (Å²) in [5.74, 6) is -0.247. The van der Waals surface area contributed by atoms with Gasteiger partial charge in [0.2, 0.25) is 0 Å². The van der Waals surface area contributed by atoms with Crippen LogP contribution in [-0.2, 0) is 0 Å². The van der Waals surface area contributed by atoms with E-state index in [-0.39, 0.29) is 5.75 Å². The third kappa shape index (κ3) is 3.35. The van der Waals surface area contributed by atoms with Crippen LogP contribution in [0, 0.1) is 3.70 Å². The van der Waals surface area contributed by atoms with Gasteiger partial charge in [-0.15, -0.1) is 13.2 Å². The van der Waals surface area contributed by atoms with Crippen molar-refractivity contribution >= 4 is 22.6 Å². The Morgan fingerprint density at radius 1 is 1.12 bits per heavy atom. The monoisotopic (exact) mass is 354 g/mol. The van der Waals surface area contributed by atoms with Crippen LogP contribution in [0.5, 0.6) is 5.75 Å². The quantitative estimate of drug-likeness (QED) is 0.774. The van der Waals surface area contributed by atoms with Crippen molar-refractivity contribution in [2.24, 2.45) is 0 Å². The molecule has 0 atom stereocenters. The second-order valence-electron chi connectivity index (χ2n) is 3.12. The number of alkyl halides is 3.